The van der Waals surface area contributed by atoms with E-state index in [0.717, 1.165) is 5.56 Å². The van der Waals surface area contributed by atoms with Gasteiger partial charge in [-0.3, -0.25) is 9.59 Å². The number of ether oxygens (including phenoxy) is 1. The van der Waals surface area contributed by atoms with Gasteiger partial charge in [-0.25, -0.2) is 0 Å². The van der Waals surface area contributed by atoms with Gasteiger partial charge >= 0.3 is 0 Å². The Labute approximate surface area is 206 Å². The molecule has 0 radical (unpaired) electrons. The monoisotopic (exact) mass is 507 g/mol. The third-order valence-corrected chi connectivity index (χ3v) is 6.26. The van der Waals surface area contributed by atoms with Crippen LogP contribution in [0.5, 0.6) is 5.75 Å². The molecule has 2 aromatic carbocycles. The van der Waals surface area contributed by atoms with Crippen molar-refractivity contribution in [2.45, 2.75) is 32.0 Å². The molecule has 3 aromatic rings. The summed E-state index contributed by atoms with van der Waals surface area (Å²) < 4.78 is 7.05. The van der Waals surface area contributed by atoms with Gasteiger partial charge in [0.1, 0.15) is 11.6 Å². The Morgan fingerprint density at radius 1 is 1.09 bits per heavy atom. The summed E-state index contributed by atoms with van der Waals surface area (Å²) >= 11 is 13.4. The molecule has 0 fully saturated rings. The van der Waals surface area contributed by atoms with Gasteiger partial charge in [-0.2, -0.15) is 0 Å². The van der Waals surface area contributed by atoms with Gasteiger partial charge in [-0.15, -0.1) is 10.2 Å². The van der Waals surface area contributed by atoms with E-state index in [1.54, 1.807) is 34.9 Å². The largest absolute Gasteiger partial charge is 0.495 e. The zero-order valence-corrected chi connectivity index (χ0v) is 20.6. The number of carbonyl (C=O) groups excluding carboxylic acids is 2. The van der Waals surface area contributed by atoms with Crippen LogP contribution in [0.4, 0.5) is 11.4 Å². The van der Waals surface area contributed by atoms with Gasteiger partial charge in [0, 0.05) is 22.3 Å². The highest BCUT2D eigenvalue weighted by molar-refractivity contribution is 7.99. The van der Waals surface area contributed by atoms with E-state index in [4.69, 9.17) is 27.9 Å². The first-order chi connectivity index (χ1) is 15.8. The van der Waals surface area contributed by atoms with E-state index < -0.39 is 0 Å². The molecule has 8 nitrogen and oxygen atoms in total. The number of nitrogens with zero attached hydrogens (tertiary/aromatic N) is 3. The zero-order chi connectivity index (χ0) is 24.0. The van der Waals surface area contributed by atoms with E-state index >= 15 is 0 Å². The molecule has 2 amide bonds. The Morgan fingerprint density at radius 2 is 1.88 bits per heavy atom. The predicted octanol–water partition coefficient (Wildman–Crippen LogP) is 4.83. The lowest BCUT2D eigenvalue weighted by molar-refractivity contribution is -0.116. The third-order valence-electron chi connectivity index (χ3n) is 4.65. The van der Waals surface area contributed by atoms with Crippen molar-refractivity contribution < 1.29 is 14.3 Å². The lowest BCUT2D eigenvalue weighted by Gasteiger charge is -2.11. The third kappa shape index (κ3) is 6.63. The zero-order valence-electron chi connectivity index (χ0n) is 18.3. The fourth-order valence-electron chi connectivity index (χ4n) is 2.99. The van der Waals surface area contributed by atoms with Crippen molar-refractivity contribution in [3.63, 3.8) is 0 Å². The van der Waals surface area contributed by atoms with Crippen molar-refractivity contribution >= 4 is 58.2 Å². The first-order valence-electron chi connectivity index (χ1n) is 10.0. The summed E-state index contributed by atoms with van der Waals surface area (Å²) in [7, 11) is 1.52. The number of nitrogens with one attached hydrogen (secondary N) is 2. The summed E-state index contributed by atoms with van der Waals surface area (Å²) in [5.41, 5.74) is 2.03. The molecule has 1 aromatic heterocycles. The second-order valence-electron chi connectivity index (χ2n) is 7.01. The number of rotatable bonds is 9. The molecule has 1 heterocycles. The van der Waals surface area contributed by atoms with Crippen LogP contribution < -0.4 is 15.4 Å². The van der Waals surface area contributed by atoms with Gasteiger partial charge in [-0.1, -0.05) is 41.0 Å². The van der Waals surface area contributed by atoms with E-state index in [1.165, 1.54) is 18.9 Å². The average Bonchev–Trinajstić information content (AvgIpc) is 3.16. The number of benzene rings is 2. The summed E-state index contributed by atoms with van der Waals surface area (Å²) in [6.07, 6.45) is 0.0405. The lowest BCUT2D eigenvalue weighted by Crippen LogP contribution is -2.18. The molecule has 174 valence electrons. The molecular formula is C22H23Cl2N5O3S. The van der Waals surface area contributed by atoms with E-state index in [2.05, 4.69) is 20.8 Å². The van der Waals surface area contributed by atoms with Crippen LogP contribution in [0.25, 0.3) is 0 Å². The number of amides is 2. The van der Waals surface area contributed by atoms with E-state index in [-0.39, 0.29) is 24.0 Å². The average molecular weight is 508 g/mol. The minimum Gasteiger partial charge on any atom is -0.495 e. The highest BCUT2D eigenvalue weighted by Crippen LogP contribution is 2.28. The Hall–Kier alpha value is -2.75. The van der Waals surface area contributed by atoms with Gasteiger partial charge in [0.15, 0.2) is 5.16 Å². The number of hydrogen-bond donors (Lipinski definition) is 2. The van der Waals surface area contributed by atoms with Crippen LogP contribution in [0.3, 0.4) is 0 Å². The Bertz CT molecular complexity index is 1170. The SMILES string of the molecule is CCn1c(CC(=O)Nc2ccc(C)c(Cl)c2)nnc1SCC(=O)Nc1cc(Cl)ccc1OC. The molecular weight excluding hydrogens is 485 g/mol. The molecule has 0 aliphatic heterocycles. The first-order valence-corrected chi connectivity index (χ1v) is 11.8. The van der Waals surface area contributed by atoms with Crippen LogP contribution in [-0.4, -0.2) is 39.4 Å². The maximum Gasteiger partial charge on any atom is 0.234 e. The number of halogens is 2. The van der Waals surface area contributed by atoms with Gasteiger partial charge < -0.3 is 19.9 Å². The Kier molecular flexibility index (Phi) is 8.60. The minimum absolute atomic E-state index is 0.0405. The highest BCUT2D eigenvalue weighted by Gasteiger charge is 2.17. The molecule has 33 heavy (non-hydrogen) atoms. The molecule has 2 N–H and O–H groups in total. The van der Waals surface area contributed by atoms with E-state index in [1.807, 2.05) is 19.9 Å². The standard InChI is InChI=1S/C22H23Cl2N5O3S/c1-4-29-19(11-20(30)25-15-7-5-13(2)16(24)10-15)27-28-22(29)33-12-21(31)26-17-9-14(23)6-8-18(17)32-3/h5-10H,4,11-12H2,1-3H3,(H,25,30)(H,26,31). The van der Waals surface area contributed by atoms with Gasteiger partial charge in [0.25, 0.3) is 0 Å². The normalized spacial score (nSPS) is 10.7. The molecule has 0 unspecified atom stereocenters. The smallest absolute Gasteiger partial charge is 0.234 e. The number of anilines is 2. The fraction of sp³-hybridized carbons (Fsp3) is 0.273. The number of carbonyl (C=O) groups is 2. The molecule has 0 aliphatic carbocycles. The fourth-order valence-corrected chi connectivity index (χ4v) is 4.16. The quantitative estimate of drug-likeness (QED) is 0.402. The summed E-state index contributed by atoms with van der Waals surface area (Å²) in [6.45, 7) is 4.37. The van der Waals surface area contributed by atoms with Crippen molar-refractivity contribution in [3.05, 3.63) is 57.8 Å². The number of methoxy groups -OCH3 is 1. The van der Waals surface area contributed by atoms with Crippen molar-refractivity contribution in [1.82, 2.24) is 14.8 Å². The van der Waals surface area contributed by atoms with Crippen LogP contribution in [0.1, 0.15) is 18.3 Å². The number of hydrogen-bond acceptors (Lipinski definition) is 6. The van der Waals surface area contributed by atoms with Crippen molar-refractivity contribution in [1.29, 1.82) is 0 Å². The maximum atomic E-state index is 12.5. The maximum absolute atomic E-state index is 12.5. The van der Waals surface area contributed by atoms with Crippen molar-refractivity contribution in [3.8, 4) is 5.75 Å². The molecule has 0 saturated heterocycles. The van der Waals surface area contributed by atoms with Crippen LogP contribution in [0, 0.1) is 6.92 Å². The van der Waals surface area contributed by atoms with Crippen LogP contribution in [0.15, 0.2) is 41.6 Å². The molecule has 0 atom stereocenters. The Morgan fingerprint density at radius 3 is 2.58 bits per heavy atom. The number of aryl methyl sites for hydroxylation is 1. The molecule has 0 bridgehead atoms. The first kappa shape index (κ1) is 24.9. The van der Waals surface area contributed by atoms with Crippen molar-refractivity contribution in [2.24, 2.45) is 0 Å². The summed E-state index contributed by atoms with van der Waals surface area (Å²) in [5, 5.41) is 15.5. The topological polar surface area (TPSA) is 98.1 Å². The molecule has 0 spiro atoms. The van der Waals surface area contributed by atoms with Crippen LogP contribution in [-0.2, 0) is 22.6 Å². The number of aromatic nitrogens is 3. The van der Waals surface area contributed by atoms with Gasteiger partial charge in [0.2, 0.25) is 11.8 Å². The molecule has 11 heteroatoms. The second kappa shape index (κ2) is 11.4. The number of thioether (sulfide) groups is 1. The van der Waals surface area contributed by atoms with Crippen molar-refractivity contribution in [2.75, 3.05) is 23.5 Å². The van der Waals surface area contributed by atoms with E-state index in [9.17, 15) is 9.59 Å². The second-order valence-corrected chi connectivity index (χ2v) is 8.80. The molecule has 0 aliphatic rings. The Balaban J connectivity index is 1.61. The summed E-state index contributed by atoms with van der Waals surface area (Å²) in [4.78, 5) is 24.9. The molecule has 3 rings (SSSR count). The molecule has 0 saturated carbocycles. The lowest BCUT2D eigenvalue weighted by atomic mass is 10.2. The minimum atomic E-state index is -0.248. The summed E-state index contributed by atoms with van der Waals surface area (Å²) in [6, 6.07) is 10.3. The van der Waals surface area contributed by atoms with Gasteiger partial charge in [0.05, 0.1) is 25.0 Å². The van der Waals surface area contributed by atoms with E-state index in [0.29, 0.717) is 44.7 Å². The van der Waals surface area contributed by atoms with Crippen LogP contribution >= 0.6 is 35.0 Å². The van der Waals surface area contributed by atoms with Gasteiger partial charge in [-0.05, 0) is 49.7 Å². The summed E-state index contributed by atoms with van der Waals surface area (Å²) in [5.74, 6) is 0.633. The van der Waals surface area contributed by atoms with Crippen LogP contribution in [0.2, 0.25) is 10.0 Å². The predicted molar refractivity (Wildman–Crippen MR) is 132 cm³/mol. The highest BCUT2D eigenvalue weighted by atomic mass is 35.5.